The Bertz CT molecular complexity index is 1050. The molecule has 4 rings (SSSR count). The van der Waals surface area contributed by atoms with Crippen LogP contribution in [0.2, 0.25) is 0 Å². The molecule has 1 aliphatic heterocycles. The zero-order valence-corrected chi connectivity index (χ0v) is 17.1. The van der Waals surface area contributed by atoms with Gasteiger partial charge in [-0.15, -0.1) is 0 Å². The lowest BCUT2D eigenvalue weighted by atomic mass is 9.83. The molecule has 2 aliphatic rings. The Morgan fingerprint density at radius 1 is 1.10 bits per heavy atom. The first kappa shape index (κ1) is 21.8. The Kier molecular flexibility index (Phi) is 6.31. The fraction of sp³-hybridized carbons (Fsp3) is 0.522. The van der Waals surface area contributed by atoms with Crippen LogP contribution in [0.25, 0.3) is 10.9 Å². The molecule has 31 heavy (non-hydrogen) atoms. The van der Waals surface area contributed by atoms with Gasteiger partial charge >= 0.3 is 0 Å². The van der Waals surface area contributed by atoms with Gasteiger partial charge in [0.1, 0.15) is 30.5 Å². The lowest BCUT2D eigenvalue weighted by Crippen LogP contribution is -2.58. The van der Waals surface area contributed by atoms with Crippen molar-refractivity contribution in [3.05, 3.63) is 29.5 Å². The number of nitrogens with zero attached hydrogens (tertiary/aromatic N) is 1. The second-order valence-electron chi connectivity index (χ2n) is 8.34. The number of aromatic nitrogens is 2. The summed E-state index contributed by atoms with van der Waals surface area (Å²) in [6, 6.07) is 3.73. The van der Waals surface area contributed by atoms with Crippen LogP contribution in [-0.4, -0.2) is 73.3 Å². The van der Waals surface area contributed by atoms with Gasteiger partial charge in [0.05, 0.1) is 29.4 Å². The molecule has 0 radical (unpaired) electrons. The van der Waals surface area contributed by atoms with E-state index < -0.39 is 42.7 Å². The minimum absolute atomic E-state index is 0.466. The number of ether oxygens (including phenoxy) is 1. The van der Waals surface area contributed by atoms with Crippen LogP contribution in [0.5, 0.6) is 0 Å². The second kappa shape index (κ2) is 8.97. The molecule has 1 saturated carbocycles. The Balaban J connectivity index is 1.64. The normalized spacial score (nSPS) is 30.2. The van der Waals surface area contributed by atoms with E-state index in [-0.39, 0.29) is 0 Å². The number of nitrogens with two attached hydrogens (primary N) is 1. The molecule has 5 atom stereocenters. The van der Waals surface area contributed by atoms with Crippen LogP contribution in [0.1, 0.15) is 43.2 Å². The highest BCUT2D eigenvalue weighted by molar-refractivity contribution is 5.85. The Morgan fingerprint density at radius 3 is 2.61 bits per heavy atom. The van der Waals surface area contributed by atoms with E-state index in [2.05, 4.69) is 33.9 Å². The third-order valence-electron chi connectivity index (χ3n) is 5.99. The maximum atomic E-state index is 10.2. The van der Waals surface area contributed by atoms with Crippen molar-refractivity contribution in [3.8, 4) is 23.7 Å². The first-order chi connectivity index (χ1) is 14.9. The van der Waals surface area contributed by atoms with Crippen LogP contribution in [-0.2, 0) is 4.74 Å². The molecule has 2 aromatic rings. The van der Waals surface area contributed by atoms with Gasteiger partial charge in [-0.05, 0) is 25.0 Å². The molecule has 0 amide bonds. The maximum absolute atomic E-state index is 10.2. The van der Waals surface area contributed by atoms with E-state index in [4.69, 9.17) is 10.5 Å². The number of fused-ring (bicyclic) bond motifs is 1. The minimum atomic E-state index is -1.47. The second-order valence-corrected chi connectivity index (χ2v) is 8.34. The molecule has 1 aliphatic carbocycles. The molecule has 2 heterocycles. The number of benzene rings is 1. The zero-order chi connectivity index (χ0) is 22.0. The van der Waals surface area contributed by atoms with E-state index >= 15 is 0 Å². The van der Waals surface area contributed by atoms with Gasteiger partial charge in [0, 0.05) is 10.9 Å². The molecule has 8 nitrogen and oxygen atoms in total. The molecular weight excluding hydrogens is 398 g/mol. The molecule has 164 valence electrons. The van der Waals surface area contributed by atoms with Crippen molar-refractivity contribution in [3.63, 3.8) is 0 Å². The number of rotatable bonds is 1. The average Bonchev–Trinajstić information content (AvgIpc) is 3.25. The fourth-order valence-corrected chi connectivity index (χ4v) is 4.10. The van der Waals surface area contributed by atoms with Gasteiger partial charge in [-0.1, -0.05) is 42.9 Å². The summed E-state index contributed by atoms with van der Waals surface area (Å²) in [6.45, 7) is -0.500. The summed E-state index contributed by atoms with van der Waals surface area (Å²) >= 11 is 0. The van der Waals surface area contributed by atoms with Crippen molar-refractivity contribution in [1.29, 1.82) is 0 Å². The Labute approximate surface area is 180 Å². The van der Waals surface area contributed by atoms with E-state index in [1.807, 2.05) is 12.1 Å². The third kappa shape index (κ3) is 4.60. The molecule has 8 heteroatoms. The highest BCUT2D eigenvalue weighted by Gasteiger charge is 2.42. The van der Waals surface area contributed by atoms with Gasteiger partial charge in [-0.25, -0.2) is 0 Å². The van der Waals surface area contributed by atoms with Crippen molar-refractivity contribution in [2.24, 2.45) is 5.73 Å². The lowest BCUT2D eigenvalue weighted by Gasteiger charge is -2.37. The standard InChI is InChI=1S/C23H27N3O5/c24-23(7-2-1-3-8-23)9-6-14-10-15(19-16(11-14)12-25-26-19)4-5-17-20(28)22(30)21(29)18(13-27)31-17/h10-12,17-18,20-22,27-30H,1-3,7-8,13,24H2,(H,25,26)/t17-,18?,20?,21-,22?/m1/s1. The quantitative estimate of drug-likeness (QED) is 0.346. The van der Waals surface area contributed by atoms with Crippen molar-refractivity contribution < 1.29 is 25.2 Å². The molecule has 2 fully saturated rings. The number of aromatic amines is 1. The van der Waals surface area contributed by atoms with E-state index in [0.29, 0.717) is 11.1 Å². The average molecular weight is 425 g/mol. The first-order valence-electron chi connectivity index (χ1n) is 10.5. The SMILES string of the molecule is NC1(C#Cc2cc(C#C[C@H]3OC(CO)[C@@H](O)C(O)C3O)c3[nH]ncc3c2)CCCCC1. The van der Waals surface area contributed by atoms with Gasteiger partial charge < -0.3 is 30.9 Å². The van der Waals surface area contributed by atoms with Gasteiger partial charge in [0.2, 0.25) is 0 Å². The molecule has 1 saturated heterocycles. The van der Waals surface area contributed by atoms with Gasteiger partial charge in [-0.3, -0.25) is 5.10 Å². The van der Waals surface area contributed by atoms with Crippen LogP contribution in [0.15, 0.2) is 18.3 Å². The molecule has 1 aromatic heterocycles. The number of H-pyrrole nitrogens is 1. The number of nitrogens with one attached hydrogen (secondary N) is 1. The number of hydrogen-bond donors (Lipinski definition) is 6. The minimum Gasteiger partial charge on any atom is -0.394 e. The number of aliphatic hydroxyl groups excluding tert-OH is 4. The summed E-state index contributed by atoms with van der Waals surface area (Å²) in [7, 11) is 0. The van der Waals surface area contributed by atoms with Crippen LogP contribution in [0, 0.1) is 23.7 Å². The van der Waals surface area contributed by atoms with Crippen molar-refractivity contribution in [2.75, 3.05) is 6.61 Å². The number of hydrogen-bond acceptors (Lipinski definition) is 7. The van der Waals surface area contributed by atoms with E-state index in [0.717, 1.165) is 36.6 Å². The smallest absolute Gasteiger partial charge is 0.147 e. The summed E-state index contributed by atoms with van der Waals surface area (Å²) in [5.74, 6) is 12.2. The molecule has 1 aromatic carbocycles. The summed E-state index contributed by atoms with van der Waals surface area (Å²) in [4.78, 5) is 0. The summed E-state index contributed by atoms with van der Waals surface area (Å²) in [5.41, 5.74) is 8.03. The first-order valence-corrected chi connectivity index (χ1v) is 10.5. The largest absolute Gasteiger partial charge is 0.394 e. The fourth-order valence-electron chi connectivity index (χ4n) is 4.10. The zero-order valence-electron chi connectivity index (χ0n) is 17.1. The molecule has 7 N–H and O–H groups in total. The summed E-state index contributed by atoms with van der Waals surface area (Å²) in [5, 5.41) is 47.2. The van der Waals surface area contributed by atoms with Crippen LogP contribution in [0.4, 0.5) is 0 Å². The van der Waals surface area contributed by atoms with Crippen LogP contribution in [0.3, 0.4) is 0 Å². The van der Waals surface area contributed by atoms with Crippen LogP contribution >= 0.6 is 0 Å². The van der Waals surface area contributed by atoms with Gasteiger partial charge in [-0.2, -0.15) is 5.10 Å². The highest BCUT2D eigenvalue weighted by atomic mass is 16.5. The van der Waals surface area contributed by atoms with Crippen molar-refractivity contribution in [2.45, 2.75) is 68.2 Å². The summed E-state index contributed by atoms with van der Waals surface area (Å²) in [6.07, 6.45) is 0.451. The Morgan fingerprint density at radius 2 is 1.87 bits per heavy atom. The lowest BCUT2D eigenvalue weighted by molar-refractivity contribution is -0.214. The van der Waals surface area contributed by atoms with E-state index in [1.165, 1.54) is 6.42 Å². The predicted octanol–water partition coefficient (Wildman–Crippen LogP) is -0.230. The van der Waals surface area contributed by atoms with Gasteiger partial charge in [0.25, 0.3) is 0 Å². The Hall–Kier alpha value is -2.43. The maximum Gasteiger partial charge on any atom is 0.147 e. The molecule has 3 unspecified atom stereocenters. The van der Waals surface area contributed by atoms with Gasteiger partial charge in [0.15, 0.2) is 0 Å². The van der Waals surface area contributed by atoms with Crippen molar-refractivity contribution in [1.82, 2.24) is 10.2 Å². The highest BCUT2D eigenvalue weighted by Crippen LogP contribution is 2.26. The third-order valence-corrected chi connectivity index (χ3v) is 5.99. The van der Waals surface area contributed by atoms with E-state index in [9.17, 15) is 20.4 Å². The predicted molar refractivity (Wildman–Crippen MR) is 114 cm³/mol. The van der Waals surface area contributed by atoms with Crippen molar-refractivity contribution >= 4 is 10.9 Å². The molecular formula is C23H27N3O5. The number of aliphatic hydroxyl groups is 4. The topological polar surface area (TPSA) is 145 Å². The molecule has 0 spiro atoms. The van der Waals surface area contributed by atoms with E-state index in [1.54, 1.807) is 6.20 Å². The molecule has 0 bridgehead atoms. The summed E-state index contributed by atoms with van der Waals surface area (Å²) < 4.78 is 5.46. The monoisotopic (exact) mass is 425 g/mol. The van der Waals surface area contributed by atoms with Crippen LogP contribution < -0.4 is 5.73 Å².